The number of amides is 1. The molecule has 6 heteroatoms. The number of anilines is 1. The van der Waals surface area contributed by atoms with E-state index in [1.807, 2.05) is 91.9 Å². The highest BCUT2D eigenvalue weighted by Crippen LogP contribution is 2.31. The van der Waals surface area contributed by atoms with Crippen LogP contribution in [0.15, 0.2) is 144 Å². The Morgan fingerprint density at radius 3 is 1.93 bits per heavy atom. The number of benzene rings is 5. The fourth-order valence-corrected chi connectivity index (χ4v) is 6.25. The van der Waals surface area contributed by atoms with Gasteiger partial charge in [0.25, 0.3) is 15.9 Å². The Morgan fingerprint density at radius 1 is 0.700 bits per heavy atom. The smallest absolute Gasteiger partial charge is 0.264 e. The van der Waals surface area contributed by atoms with E-state index < -0.39 is 16.1 Å². The minimum atomic E-state index is -3.99. The Morgan fingerprint density at radius 2 is 1.25 bits per heavy atom. The van der Waals surface area contributed by atoms with Gasteiger partial charge in [-0.2, -0.15) is 0 Å². The fourth-order valence-electron chi connectivity index (χ4n) is 4.76. The van der Waals surface area contributed by atoms with Gasteiger partial charge in [0.1, 0.15) is 0 Å². The van der Waals surface area contributed by atoms with Crippen molar-refractivity contribution in [2.75, 3.05) is 4.31 Å². The van der Waals surface area contributed by atoms with E-state index in [2.05, 4.69) is 5.32 Å². The molecule has 0 spiro atoms. The second-order valence-corrected chi connectivity index (χ2v) is 11.4. The molecular formula is C34H30N2O3S. The molecule has 40 heavy (non-hydrogen) atoms. The lowest BCUT2D eigenvalue weighted by Gasteiger charge is -2.28. The number of rotatable bonds is 9. The van der Waals surface area contributed by atoms with Crippen LogP contribution in [0.25, 0.3) is 0 Å². The molecule has 5 aromatic carbocycles. The Hall–Kier alpha value is -4.68. The molecule has 0 aliphatic heterocycles. The van der Waals surface area contributed by atoms with Gasteiger partial charge in [0, 0.05) is 0 Å². The van der Waals surface area contributed by atoms with E-state index in [0.717, 1.165) is 22.3 Å². The summed E-state index contributed by atoms with van der Waals surface area (Å²) < 4.78 is 29.3. The maximum absolute atomic E-state index is 14.0. The third-order valence-electron chi connectivity index (χ3n) is 6.83. The van der Waals surface area contributed by atoms with Crippen LogP contribution < -0.4 is 9.62 Å². The number of sulfonamides is 1. The zero-order valence-electron chi connectivity index (χ0n) is 22.1. The lowest BCUT2D eigenvalue weighted by Crippen LogP contribution is -2.35. The summed E-state index contributed by atoms with van der Waals surface area (Å²) in [7, 11) is -3.99. The van der Waals surface area contributed by atoms with Crippen molar-refractivity contribution in [1.82, 2.24) is 5.32 Å². The van der Waals surface area contributed by atoms with Gasteiger partial charge in [-0.1, -0.05) is 115 Å². The number of nitrogens with one attached hydrogen (secondary N) is 1. The van der Waals surface area contributed by atoms with Gasteiger partial charge in [-0.05, 0) is 53.4 Å². The van der Waals surface area contributed by atoms with E-state index in [-0.39, 0.29) is 22.9 Å². The Balaban J connectivity index is 1.58. The molecule has 1 amide bonds. The highest BCUT2D eigenvalue weighted by atomic mass is 32.2. The average molecular weight is 547 g/mol. The average Bonchev–Trinajstić information content (AvgIpc) is 3.00. The first kappa shape index (κ1) is 26.9. The SMILES string of the molecule is Cc1ccccc1[C@@H](NC(=O)c1ccccc1N(Cc1ccccc1)S(=O)(=O)c1ccccc1)c1ccccc1. The Bertz CT molecular complexity index is 1690. The summed E-state index contributed by atoms with van der Waals surface area (Å²) in [5, 5.41) is 3.20. The van der Waals surface area contributed by atoms with E-state index in [9.17, 15) is 13.2 Å². The number of aryl methyl sites for hydroxylation is 1. The van der Waals surface area contributed by atoms with Crippen LogP contribution in [0.2, 0.25) is 0 Å². The normalized spacial score (nSPS) is 11.9. The number of para-hydroxylation sites is 1. The Labute approximate surface area is 235 Å². The molecule has 5 rings (SSSR count). The van der Waals surface area contributed by atoms with Gasteiger partial charge in [0.05, 0.1) is 28.7 Å². The molecule has 1 N–H and O–H groups in total. The predicted molar refractivity (Wildman–Crippen MR) is 160 cm³/mol. The molecule has 0 unspecified atom stereocenters. The Kier molecular flexibility index (Phi) is 8.08. The first-order chi connectivity index (χ1) is 19.4. The molecule has 0 aromatic heterocycles. The molecular weight excluding hydrogens is 516 g/mol. The second kappa shape index (κ2) is 12.0. The number of nitrogens with zero attached hydrogens (tertiary/aromatic N) is 1. The molecule has 200 valence electrons. The number of carbonyl (C=O) groups is 1. The summed E-state index contributed by atoms with van der Waals surface area (Å²) in [6.07, 6.45) is 0. The van der Waals surface area contributed by atoms with E-state index in [4.69, 9.17) is 0 Å². The van der Waals surface area contributed by atoms with Crippen LogP contribution >= 0.6 is 0 Å². The highest BCUT2D eigenvalue weighted by molar-refractivity contribution is 7.92. The predicted octanol–water partition coefficient (Wildman–Crippen LogP) is 6.91. The van der Waals surface area contributed by atoms with Gasteiger partial charge < -0.3 is 5.32 Å². The maximum atomic E-state index is 14.0. The van der Waals surface area contributed by atoms with Crippen LogP contribution in [0.1, 0.15) is 38.7 Å². The van der Waals surface area contributed by atoms with Crippen molar-refractivity contribution < 1.29 is 13.2 Å². The standard InChI is InChI=1S/C34H30N2O3S/c1-26-15-11-12-22-30(26)33(28-18-7-3-8-19-28)35-34(37)31-23-13-14-24-32(31)36(25-27-16-5-2-6-17-27)40(38,39)29-20-9-4-10-21-29/h2-24,33H,25H2,1H3,(H,35,37)/t33-/m0/s1. The van der Waals surface area contributed by atoms with E-state index in [1.165, 1.54) is 4.31 Å². The van der Waals surface area contributed by atoms with Gasteiger partial charge in [0.15, 0.2) is 0 Å². The molecule has 0 saturated heterocycles. The summed E-state index contributed by atoms with van der Waals surface area (Å²) in [6, 6.07) is 41.8. The first-order valence-corrected chi connectivity index (χ1v) is 14.5. The van der Waals surface area contributed by atoms with Crippen molar-refractivity contribution in [3.63, 3.8) is 0 Å². The fraction of sp³-hybridized carbons (Fsp3) is 0.0882. The van der Waals surface area contributed by atoms with Crippen molar-refractivity contribution in [3.05, 3.63) is 167 Å². The zero-order valence-corrected chi connectivity index (χ0v) is 23.0. The lowest BCUT2D eigenvalue weighted by molar-refractivity contribution is 0.0943. The third kappa shape index (κ3) is 5.82. The summed E-state index contributed by atoms with van der Waals surface area (Å²) in [5.41, 5.74) is 4.33. The highest BCUT2D eigenvalue weighted by Gasteiger charge is 2.29. The summed E-state index contributed by atoms with van der Waals surface area (Å²) in [5.74, 6) is -0.367. The number of hydrogen-bond acceptors (Lipinski definition) is 3. The first-order valence-electron chi connectivity index (χ1n) is 13.1. The molecule has 0 radical (unpaired) electrons. The van der Waals surface area contributed by atoms with Crippen LogP contribution in [-0.2, 0) is 16.6 Å². The molecule has 1 atom stereocenters. The van der Waals surface area contributed by atoms with Crippen molar-refractivity contribution in [2.45, 2.75) is 24.4 Å². The van der Waals surface area contributed by atoms with Crippen molar-refractivity contribution >= 4 is 21.6 Å². The van der Waals surface area contributed by atoms with E-state index >= 15 is 0 Å². The van der Waals surface area contributed by atoms with Crippen molar-refractivity contribution in [1.29, 1.82) is 0 Å². The van der Waals surface area contributed by atoms with Gasteiger partial charge >= 0.3 is 0 Å². The topological polar surface area (TPSA) is 66.5 Å². The number of carbonyl (C=O) groups excluding carboxylic acids is 1. The quantitative estimate of drug-likeness (QED) is 0.218. The molecule has 0 aliphatic carbocycles. The minimum absolute atomic E-state index is 0.0717. The van der Waals surface area contributed by atoms with Gasteiger partial charge in [-0.3, -0.25) is 9.10 Å². The van der Waals surface area contributed by atoms with Crippen molar-refractivity contribution in [3.8, 4) is 0 Å². The van der Waals surface area contributed by atoms with Crippen LogP contribution in [-0.4, -0.2) is 14.3 Å². The molecule has 5 aromatic rings. The zero-order chi connectivity index (χ0) is 28.0. The van der Waals surface area contributed by atoms with Crippen LogP contribution in [0, 0.1) is 6.92 Å². The van der Waals surface area contributed by atoms with Gasteiger partial charge in [0.2, 0.25) is 0 Å². The summed E-state index contributed by atoms with van der Waals surface area (Å²) in [4.78, 5) is 14.2. The second-order valence-electron chi connectivity index (χ2n) is 9.50. The van der Waals surface area contributed by atoms with Crippen molar-refractivity contribution in [2.24, 2.45) is 0 Å². The molecule has 0 bridgehead atoms. The lowest BCUT2D eigenvalue weighted by atomic mass is 9.94. The summed E-state index contributed by atoms with van der Waals surface area (Å²) in [6.45, 7) is 2.08. The number of hydrogen-bond donors (Lipinski definition) is 1. The molecule has 0 heterocycles. The molecule has 0 saturated carbocycles. The van der Waals surface area contributed by atoms with Gasteiger partial charge in [-0.25, -0.2) is 8.42 Å². The molecule has 0 aliphatic rings. The minimum Gasteiger partial charge on any atom is -0.341 e. The molecule has 5 nitrogen and oxygen atoms in total. The monoisotopic (exact) mass is 546 g/mol. The summed E-state index contributed by atoms with van der Waals surface area (Å²) >= 11 is 0. The van der Waals surface area contributed by atoms with Crippen LogP contribution in [0.5, 0.6) is 0 Å². The van der Waals surface area contributed by atoms with Crippen LogP contribution in [0.3, 0.4) is 0 Å². The van der Waals surface area contributed by atoms with Crippen LogP contribution in [0.4, 0.5) is 5.69 Å². The van der Waals surface area contributed by atoms with Gasteiger partial charge in [-0.15, -0.1) is 0 Å². The maximum Gasteiger partial charge on any atom is 0.264 e. The van der Waals surface area contributed by atoms with E-state index in [0.29, 0.717) is 5.69 Å². The van der Waals surface area contributed by atoms with E-state index in [1.54, 1.807) is 54.6 Å². The third-order valence-corrected chi connectivity index (χ3v) is 8.60. The largest absolute Gasteiger partial charge is 0.341 e. The molecule has 0 fully saturated rings.